The Kier molecular flexibility index (Phi) is 4.72. The van der Waals surface area contributed by atoms with Gasteiger partial charge in [0.15, 0.2) is 0 Å². The number of aryl methyl sites for hydroxylation is 1. The zero-order chi connectivity index (χ0) is 19.1. The molecule has 3 rings (SSSR count). The molecule has 3 unspecified atom stereocenters. The normalized spacial score (nSPS) is 21.9. The largest absolute Gasteiger partial charge is 0.733 e. The van der Waals surface area contributed by atoms with Gasteiger partial charge in [-0.3, -0.25) is 10.0 Å². The van der Waals surface area contributed by atoms with E-state index in [4.69, 9.17) is 9.94 Å². The van der Waals surface area contributed by atoms with Gasteiger partial charge in [-0.25, -0.2) is 8.42 Å². The van der Waals surface area contributed by atoms with Gasteiger partial charge in [0.25, 0.3) is 0 Å². The summed E-state index contributed by atoms with van der Waals surface area (Å²) in [6, 6.07) is 10.3. The molecule has 1 fully saturated rings. The third-order valence-corrected chi connectivity index (χ3v) is 6.13. The monoisotopic (exact) mass is 377 g/mol. The minimum Gasteiger partial charge on any atom is -0.733 e. The molecule has 1 N–H and O–H groups in total. The summed E-state index contributed by atoms with van der Waals surface area (Å²) in [6.07, 6.45) is 0. The van der Waals surface area contributed by atoms with Crippen LogP contribution in [0.5, 0.6) is 0 Å². The second kappa shape index (κ2) is 6.69. The van der Waals surface area contributed by atoms with Crippen molar-refractivity contribution in [2.75, 3.05) is 12.3 Å². The molecule has 1 saturated heterocycles. The summed E-state index contributed by atoms with van der Waals surface area (Å²) in [6.45, 7) is 1.84. The van der Waals surface area contributed by atoms with E-state index in [9.17, 15) is 18.4 Å². The average molecular weight is 377 g/mol. The van der Waals surface area contributed by atoms with Crippen molar-refractivity contribution in [2.45, 2.75) is 23.9 Å². The lowest BCUT2D eigenvalue weighted by Crippen LogP contribution is -2.20. The number of sulfonamides is 1. The van der Waals surface area contributed by atoms with Crippen molar-refractivity contribution in [2.24, 2.45) is 0 Å². The van der Waals surface area contributed by atoms with Crippen molar-refractivity contribution in [3.63, 3.8) is 0 Å². The smallest absolute Gasteiger partial charge is 0.326 e. The number of hydrogen-bond acceptors (Lipinski definition) is 7. The second-order valence-corrected chi connectivity index (χ2v) is 7.77. The predicted octanol–water partition coefficient (Wildman–Crippen LogP) is 1.98. The summed E-state index contributed by atoms with van der Waals surface area (Å²) in [4.78, 5) is 12.1. The number of anilines is 1. The summed E-state index contributed by atoms with van der Waals surface area (Å²) in [5.41, 5.74) is 1.43. The number of benzene rings is 2. The van der Waals surface area contributed by atoms with Crippen LogP contribution in [0.3, 0.4) is 0 Å². The van der Waals surface area contributed by atoms with Crippen LogP contribution in [0, 0.1) is 12.1 Å². The molecule has 2 aromatic carbocycles. The van der Waals surface area contributed by atoms with E-state index in [0.717, 1.165) is 9.87 Å². The number of rotatable bonds is 5. The molecule has 1 heterocycles. The van der Waals surface area contributed by atoms with Gasteiger partial charge in [-0.2, -0.15) is 4.31 Å². The number of nitrogens with zero attached hydrogens (tertiary/aromatic N) is 2. The fourth-order valence-corrected chi connectivity index (χ4v) is 4.53. The topological polar surface area (TPSA) is 110 Å². The highest BCUT2D eigenvalue weighted by Gasteiger charge is 2.61. The van der Waals surface area contributed by atoms with Crippen LogP contribution in [-0.2, 0) is 19.6 Å². The van der Waals surface area contributed by atoms with Gasteiger partial charge in [0, 0.05) is 0 Å². The zero-order valence-corrected chi connectivity index (χ0v) is 14.9. The van der Waals surface area contributed by atoms with E-state index in [0.29, 0.717) is 5.56 Å². The van der Waals surface area contributed by atoms with E-state index >= 15 is 0 Å². The van der Waals surface area contributed by atoms with Crippen molar-refractivity contribution in [1.82, 2.24) is 4.31 Å². The van der Waals surface area contributed by atoms with Crippen molar-refractivity contribution >= 4 is 21.7 Å². The van der Waals surface area contributed by atoms with Crippen LogP contribution in [0.2, 0.25) is 0 Å². The van der Waals surface area contributed by atoms with E-state index in [1.807, 2.05) is 6.92 Å². The fourth-order valence-electron chi connectivity index (χ4n) is 2.82. The number of carbonyl (C=O) groups is 1. The molecule has 0 saturated carbocycles. The summed E-state index contributed by atoms with van der Waals surface area (Å²) >= 11 is 0. The number of hydrogen-bond donors (Lipinski definition) is 1. The molecule has 2 aromatic rings. The molecule has 138 valence electrons. The first-order valence-electron chi connectivity index (χ1n) is 7.71. The second-order valence-electron chi connectivity index (χ2n) is 5.93. The molecule has 1 aliphatic rings. The summed E-state index contributed by atoms with van der Waals surface area (Å²) < 4.78 is 31.6. The average Bonchev–Trinajstić information content (AvgIpc) is 3.38. The van der Waals surface area contributed by atoms with Crippen LogP contribution in [0.25, 0.3) is 0 Å². The van der Waals surface area contributed by atoms with E-state index in [1.165, 1.54) is 43.5 Å². The van der Waals surface area contributed by atoms with Gasteiger partial charge >= 0.3 is 5.97 Å². The van der Waals surface area contributed by atoms with Crippen molar-refractivity contribution in [3.8, 4) is 0 Å². The molecule has 8 nitrogen and oxygen atoms in total. The fraction of sp³-hybridized carbons (Fsp3) is 0.235. The van der Waals surface area contributed by atoms with Crippen LogP contribution in [0.1, 0.15) is 17.2 Å². The summed E-state index contributed by atoms with van der Waals surface area (Å²) in [5, 5.41) is 19.5. The van der Waals surface area contributed by atoms with Gasteiger partial charge in [0.1, 0.15) is 6.04 Å². The zero-order valence-electron chi connectivity index (χ0n) is 14.1. The van der Waals surface area contributed by atoms with Gasteiger partial charge in [0.2, 0.25) is 10.0 Å². The third-order valence-electron chi connectivity index (χ3n) is 4.25. The first-order chi connectivity index (χ1) is 12.3. The van der Waals surface area contributed by atoms with Crippen LogP contribution in [-0.4, -0.2) is 37.1 Å². The summed E-state index contributed by atoms with van der Waals surface area (Å²) in [7, 11) is -2.71. The highest BCUT2D eigenvalue weighted by Crippen LogP contribution is 2.48. The first kappa shape index (κ1) is 18.3. The Balaban J connectivity index is 1.96. The van der Waals surface area contributed by atoms with E-state index in [2.05, 4.69) is 0 Å². The van der Waals surface area contributed by atoms with E-state index in [1.54, 1.807) is 12.1 Å². The predicted molar refractivity (Wildman–Crippen MR) is 92.8 cm³/mol. The SMILES string of the molecule is COC(=O)C1C(c2ccc(N([O-])O)cc2)N1S(=O)(=O)c1ccc(C)cc1. The first-order valence-corrected chi connectivity index (χ1v) is 9.15. The Labute approximate surface area is 150 Å². The lowest BCUT2D eigenvalue weighted by Gasteiger charge is -2.21. The van der Waals surface area contributed by atoms with Crippen molar-refractivity contribution in [1.29, 1.82) is 0 Å². The van der Waals surface area contributed by atoms with Crippen LogP contribution in [0.4, 0.5) is 5.69 Å². The minimum absolute atomic E-state index is 0.00282. The maximum absolute atomic E-state index is 12.9. The van der Waals surface area contributed by atoms with Gasteiger partial charge in [-0.05, 0) is 36.8 Å². The number of ether oxygens (including phenoxy) is 1. The minimum atomic E-state index is -3.90. The molecule has 1 aliphatic heterocycles. The Morgan fingerprint density at radius 1 is 1.15 bits per heavy atom. The Morgan fingerprint density at radius 2 is 1.73 bits per heavy atom. The van der Waals surface area contributed by atoms with Crippen molar-refractivity contribution in [3.05, 3.63) is 64.9 Å². The van der Waals surface area contributed by atoms with Crippen molar-refractivity contribution < 1.29 is 23.2 Å². The molecular weight excluding hydrogens is 360 g/mol. The van der Waals surface area contributed by atoms with Gasteiger partial charge < -0.3 is 15.2 Å². The maximum atomic E-state index is 12.9. The Morgan fingerprint density at radius 3 is 2.23 bits per heavy atom. The highest BCUT2D eigenvalue weighted by atomic mass is 32.2. The maximum Gasteiger partial charge on any atom is 0.326 e. The van der Waals surface area contributed by atoms with E-state index in [-0.39, 0.29) is 15.8 Å². The highest BCUT2D eigenvalue weighted by molar-refractivity contribution is 7.89. The Bertz CT molecular complexity index is 909. The number of esters is 1. The quantitative estimate of drug-likeness (QED) is 0.482. The number of methoxy groups -OCH3 is 1. The molecule has 0 amide bonds. The molecular formula is C17H17N2O6S-. The lowest BCUT2D eigenvalue weighted by molar-refractivity contribution is -0.140. The van der Waals surface area contributed by atoms with Crippen LogP contribution < -0.4 is 5.23 Å². The molecule has 0 radical (unpaired) electrons. The molecule has 26 heavy (non-hydrogen) atoms. The van der Waals surface area contributed by atoms with Gasteiger partial charge in [0.05, 0.1) is 23.7 Å². The Hall–Kier alpha value is -2.46. The summed E-state index contributed by atoms with van der Waals surface area (Å²) in [5.74, 6) is -0.664. The van der Waals surface area contributed by atoms with Gasteiger partial charge in [-0.15, -0.1) is 0 Å². The number of carbonyl (C=O) groups excluding carboxylic acids is 1. The molecule has 0 spiro atoms. The molecule has 0 aliphatic carbocycles. The van der Waals surface area contributed by atoms with Crippen LogP contribution >= 0.6 is 0 Å². The standard InChI is InChI=1S/C17H17N2O6S/c1-11-3-9-14(10-4-11)26(23,24)18-15(16(18)17(20)25-2)12-5-7-13(8-6-12)19(21)22/h3-10,15-16,21H,1-2H3/q-1. The van der Waals surface area contributed by atoms with E-state index < -0.39 is 28.1 Å². The molecule has 9 heteroatoms. The molecule has 0 aromatic heterocycles. The molecule has 0 bridgehead atoms. The lowest BCUT2D eigenvalue weighted by atomic mass is 10.1. The third kappa shape index (κ3) is 3.17. The molecule has 3 atom stereocenters. The van der Waals surface area contributed by atoms with Crippen LogP contribution in [0.15, 0.2) is 53.4 Å². The van der Waals surface area contributed by atoms with Gasteiger partial charge in [-0.1, -0.05) is 29.8 Å².